The van der Waals surface area contributed by atoms with Gasteiger partial charge in [0.15, 0.2) is 5.72 Å². The zero-order chi connectivity index (χ0) is 32.6. The van der Waals surface area contributed by atoms with Gasteiger partial charge in [-0.2, -0.15) is 0 Å². The molecule has 0 spiro atoms. The van der Waals surface area contributed by atoms with Crippen LogP contribution in [-0.4, -0.2) is 80.1 Å². The first kappa shape index (κ1) is 33.8. The average molecular weight is 635 g/mol. The molecule has 4 rings (SSSR count). The lowest BCUT2D eigenvalue weighted by Crippen LogP contribution is -2.63. The largest absolute Gasteiger partial charge is 0.495 e. The van der Waals surface area contributed by atoms with Crippen LogP contribution in [0.2, 0.25) is 5.02 Å². The van der Waals surface area contributed by atoms with Crippen molar-refractivity contribution in [3.05, 3.63) is 46.5 Å². The third kappa shape index (κ3) is 6.91. The SMILES string of the molecule is COc1cc2cc(c1Cl)N(C)C(=O)C[C@H](OC(=O)C(C)C)[C@@]1(C)O[C@@H]1[C@H](C)[C@@H]1C[C@](O)(NC(=O)O1)[C@H](OC)/C=C\C=C(/C)C2. The standard InChI is InChI=1S/C32H43ClN2O9/c1-17(2)29(37)43-25-15-26(36)35(6)21-13-20(14-22(40-7)27(21)33)12-18(3)10-9-11-24(41-8)32(39)16-23(42-30(38)34-32)19(4)28-31(25,5)44-28/h9-11,13-14,17,19,23-25,28,39H,12,15-16H2,1-8H3,(H,34,38)/b11-9-,18-10+/t19-,23+,24-,25+,28-,31-,32-/m1/s1. The number of rotatable bonds is 4. The molecule has 2 N–H and O–H groups in total. The van der Waals surface area contributed by atoms with Crippen LogP contribution in [0.1, 0.15) is 53.0 Å². The van der Waals surface area contributed by atoms with Crippen LogP contribution in [0.25, 0.3) is 0 Å². The van der Waals surface area contributed by atoms with E-state index in [0.29, 0.717) is 17.9 Å². The Balaban J connectivity index is 1.80. The minimum atomic E-state index is -1.77. The van der Waals surface area contributed by atoms with Gasteiger partial charge in [-0.05, 0) is 38.0 Å². The van der Waals surface area contributed by atoms with E-state index in [0.717, 1.165) is 11.1 Å². The van der Waals surface area contributed by atoms with Crippen LogP contribution in [-0.2, 0) is 35.0 Å². The minimum Gasteiger partial charge on any atom is -0.495 e. The molecule has 44 heavy (non-hydrogen) atoms. The first-order valence-corrected chi connectivity index (χ1v) is 15.1. The van der Waals surface area contributed by atoms with Crippen LogP contribution in [0.3, 0.4) is 0 Å². The number of halogens is 1. The normalized spacial score (nSPS) is 34.7. The van der Waals surface area contributed by atoms with E-state index in [9.17, 15) is 19.5 Å². The Kier molecular flexibility index (Phi) is 10.0. The zero-order valence-electron chi connectivity index (χ0n) is 26.5. The molecule has 11 nitrogen and oxygen atoms in total. The number of benzene rings is 1. The fourth-order valence-corrected chi connectivity index (χ4v) is 6.19. The van der Waals surface area contributed by atoms with Gasteiger partial charge in [0, 0.05) is 26.5 Å². The van der Waals surface area contributed by atoms with E-state index in [4.69, 9.17) is 35.3 Å². The summed E-state index contributed by atoms with van der Waals surface area (Å²) in [4.78, 5) is 40.7. The third-order valence-corrected chi connectivity index (χ3v) is 9.06. The maximum Gasteiger partial charge on any atom is 0.409 e. The summed E-state index contributed by atoms with van der Waals surface area (Å²) >= 11 is 6.68. The summed E-state index contributed by atoms with van der Waals surface area (Å²) in [5, 5.41) is 14.4. The summed E-state index contributed by atoms with van der Waals surface area (Å²) in [7, 11) is 4.56. The molecule has 12 heteroatoms. The minimum absolute atomic E-state index is 0.00361. The Labute approximate surface area is 263 Å². The van der Waals surface area contributed by atoms with E-state index in [-0.39, 0.29) is 23.8 Å². The van der Waals surface area contributed by atoms with Crippen molar-refractivity contribution >= 4 is 35.3 Å². The number of fused-ring (bicyclic) bond motifs is 5. The second-order valence-electron chi connectivity index (χ2n) is 12.4. The van der Waals surface area contributed by atoms with Gasteiger partial charge in [0.05, 0.1) is 31.2 Å². The number of alkyl carbamates (subject to hydrolysis) is 1. The van der Waals surface area contributed by atoms with Crippen LogP contribution in [0.15, 0.2) is 35.9 Å². The molecule has 0 saturated carbocycles. The van der Waals surface area contributed by atoms with Crippen LogP contribution in [0, 0.1) is 11.8 Å². The van der Waals surface area contributed by atoms with Gasteiger partial charge in [0.2, 0.25) is 5.91 Å². The highest BCUT2D eigenvalue weighted by Crippen LogP contribution is 2.49. The van der Waals surface area contributed by atoms with Crippen molar-refractivity contribution in [3.8, 4) is 5.75 Å². The average Bonchev–Trinajstić information content (AvgIpc) is 3.66. The number of nitrogens with one attached hydrogen (secondary N) is 1. The molecule has 1 aromatic carbocycles. The molecule has 2 saturated heterocycles. The first-order valence-electron chi connectivity index (χ1n) is 14.7. The van der Waals surface area contributed by atoms with Crippen LogP contribution >= 0.6 is 11.6 Å². The molecule has 3 aliphatic rings. The summed E-state index contributed by atoms with van der Waals surface area (Å²) in [5.74, 6) is -1.30. The Morgan fingerprint density at radius 3 is 2.59 bits per heavy atom. The number of anilines is 1. The molecule has 0 aromatic heterocycles. The lowest BCUT2D eigenvalue weighted by molar-refractivity contribution is -0.157. The smallest absolute Gasteiger partial charge is 0.409 e. The maximum absolute atomic E-state index is 13.8. The lowest BCUT2D eigenvalue weighted by Gasteiger charge is -2.42. The van der Waals surface area contributed by atoms with E-state index in [1.807, 2.05) is 32.1 Å². The highest BCUT2D eigenvalue weighted by atomic mass is 35.5. The number of epoxide rings is 1. The fraction of sp³-hybridized carbons (Fsp3) is 0.594. The van der Waals surface area contributed by atoms with Crippen molar-refractivity contribution in [1.29, 1.82) is 0 Å². The molecule has 7 atom stereocenters. The molecule has 0 unspecified atom stereocenters. The molecule has 4 bridgehead atoms. The molecule has 2 fully saturated rings. The van der Waals surface area contributed by atoms with E-state index in [1.54, 1.807) is 40.0 Å². The van der Waals surface area contributed by atoms with Gasteiger partial charge in [0.25, 0.3) is 0 Å². The summed E-state index contributed by atoms with van der Waals surface area (Å²) in [6.45, 7) is 8.95. The molecule has 0 radical (unpaired) electrons. The Morgan fingerprint density at radius 2 is 1.95 bits per heavy atom. The quantitative estimate of drug-likeness (QED) is 0.366. The number of methoxy groups -OCH3 is 2. The van der Waals surface area contributed by atoms with E-state index in [2.05, 4.69) is 5.32 Å². The van der Waals surface area contributed by atoms with Crippen molar-refractivity contribution in [2.24, 2.45) is 11.8 Å². The number of aliphatic hydroxyl groups is 1. The topological polar surface area (TPSA) is 136 Å². The van der Waals surface area contributed by atoms with Gasteiger partial charge in [-0.3, -0.25) is 14.9 Å². The van der Waals surface area contributed by atoms with Crippen molar-refractivity contribution < 1.29 is 43.2 Å². The fourth-order valence-electron chi connectivity index (χ4n) is 5.88. The number of esters is 1. The van der Waals surface area contributed by atoms with E-state index < -0.39 is 59.6 Å². The number of carbonyl (C=O) groups is 3. The predicted octanol–water partition coefficient (Wildman–Crippen LogP) is 4.32. The highest BCUT2D eigenvalue weighted by molar-refractivity contribution is 6.35. The molecule has 0 aliphatic carbocycles. The maximum atomic E-state index is 13.8. The van der Waals surface area contributed by atoms with E-state index >= 15 is 0 Å². The number of nitrogens with zero attached hydrogens (tertiary/aromatic N) is 1. The molecule has 1 aromatic rings. The first-order chi connectivity index (χ1) is 20.6. The van der Waals surface area contributed by atoms with Crippen LogP contribution < -0.4 is 15.0 Å². The van der Waals surface area contributed by atoms with Gasteiger partial charge < -0.3 is 33.7 Å². The van der Waals surface area contributed by atoms with Crippen molar-refractivity contribution in [2.45, 2.75) is 89.6 Å². The summed E-state index contributed by atoms with van der Waals surface area (Å²) in [5.41, 5.74) is -0.587. The number of ether oxygens (including phenoxy) is 5. The van der Waals surface area contributed by atoms with Gasteiger partial charge in [-0.1, -0.05) is 56.2 Å². The number of carbonyl (C=O) groups excluding carboxylic acids is 3. The number of allylic oxidation sites excluding steroid dienone is 3. The molecule has 2 amide bonds. The molecule has 242 valence electrons. The summed E-state index contributed by atoms with van der Waals surface area (Å²) < 4.78 is 28.8. The monoisotopic (exact) mass is 634 g/mol. The highest BCUT2D eigenvalue weighted by Gasteiger charge is 2.64. The summed E-state index contributed by atoms with van der Waals surface area (Å²) in [6.07, 6.45) is 1.65. The second-order valence-corrected chi connectivity index (χ2v) is 12.8. The zero-order valence-corrected chi connectivity index (χ0v) is 27.3. The Bertz CT molecular complexity index is 1350. The number of hydrogen-bond acceptors (Lipinski definition) is 9. The second kappa shape index (κ2) is 13.1. The van der Waals surface area contributed by atoms with Gasteiger partial charge in [0.1, 0.15) is 34.7 Å². The number of amides is 2. The van der Waals surface area contributed by atoms with Crippen molar-refractivity contribution in [1.82, 2.24) is 5.32 Å². The molecular weight excluding hydrogens is 592 g/mol. The Morgan fingerprint density at radius 1 is 1.25 bits per heavy atom. The molecular formula is C32H43ClN2O9. The molecule has 3 aliphatic heterocycles. The predicted molar refractivity (Wildman–Crippen MR) is 164 cm³/mol. The van der Waals surface area contributed by atoms with E-state index in [1.165, 1.54) is 19.1 Å². The lowest BCUT2D eigenvalue weighted by atomic mass is 9.83. The van der Waals surface area contributed by atoms with Crippen LogP contribution in [0.4, 0.5) is 10.5 Å². The van der Waals surface area contributed by atoms with Crippen molar-refractivity contribution in [2.75, 3.05) is 26.2 Å². The summed E-state index contributed by atoms with van der Waals surface area (Å²) in [6, 6.07) is 3.63. The van der Waals surface area contributed by atoms with Crippen molar-refractivity contribution in [3.63, 3.8) is 0 Å². The molecule has 3 heterocycles. The van der Waals surface area contributed by atoms with Crippen LogP contribution in [0.5, 0.6) is 5.75 Å². The van der Waals surface area contributed by atoms with Gasteiger partial charge in [-0.15, -0.1) is 0 Å². The number of hydrogen-bond donors (Lipinski definition) is 2. The third-order valence-electron chi connectivity index (χ3n) is 8.68. The Hall–Kier alpha value is -3.12. The van der Waals surface area contributed by atoms with Gasteiger partial charge in [-0.25, -0.2) is 4.79 Å². The van der Waals surface area contributed by atoms with Gasteiger partial charge >= 0.3 is 12.1 Å².